The fraction of sp³-hybridized carbons (Fsp3) is 0.500. The molecule has 1 aliphatic carbocycles. The number of ether oxygens (including phenoxy) is 4. The second kappa shape index (κ2) is 11.5. The fourth-order valence-corrected chi connectivity index (χ4v) is 5.33. The molecule has 1 saturated carbocycles. The summed E-state index contributed by atoms with van der Waals surface area (Å²) in [5, 5.41) is 3.04. The minimum atomic E-state index is -0.160. The van der Waals surface area contributed by atoms with Gasteiger partial charge in [0.05, 0.1) is 45.7 Å². The number of hydrogen-bond donors (Lipinski definition) is 1. The van der Waals surface area contributed by atoms with Crippen LogP contribution < -0.4 is 24.3 Å². The lowest BCUT2D eigenvalue weighted by Crippen LogP contribution is -2.32. The number of benzene rings is 2. The van der Waals surface area contributed by atoms with E-state index >= 15 is 0 Å². The number of amides is 2. The first-order valence-corrected chi connectivity index (χ1v) is 12.6. The first-order valence-electron chi connectivity index (χ1n) is 12.6. The average molecular weight is 497 g/mol. The Kier molecular flexibility index (Phi) is 8.23. The average Bonchev–Trinajstić information content (AvgIpc) is 3.42. The van der Waals surface area contributed by atoms with Gasteiger partial charge in [0.25, 0.3) is 5.91 Å². The predicted octanol–water partition coefficient (Wildman–Crippen LogP) is 5.22. The summed E-state index contributed by atoms with van der Waals surface area (Å²) in [6.07, 6.45) is 6.72. The highest BCUT2D eigenvalue weighted by atomic mass is 16.5. The topological polar surface area (TPSA) is 86.3 Å². The van der Waals surface area contributed by atoms with E-state index in [4.69, 9.17) is 18.9 Å². The Morgan fingerprint density at radius 1 is 0.778 bits per heavy atom. The molecule has 1 saturated heterocycles. The Bertz CT molecular complexity index is 1100. The molecule has 2 aromatic carbocycles. The monoisotopic (exact) mass is 496 g/mol. The molecule has 0 aromatic heterocycles. The van der Waals surface area contributed by atoms with Crippen molar-refractivity contribution in [1.82, 2.24) is 4.90 Å². The van der Waals surface area contributed by atoms with Crippen molar-refractivity contribution in [3.8, 4) is 23.0 Å². The van der Waals surface area contributed by atoms with E-state index < -0.39 is 0 Å². The number of nitrogens with one attached hydrogen (secondary N) is 1. The molecule has 0 spiro atoms. The van der Waals surface area contributed by atoms with Crippen molar-refractivity contribution in [2.24, 2.45) is 5.92 Å². The van der Waals surface area contributed by atoms with Crippen molar-refractivity contribution in [3.05, 3.63) is 41.5 Å². The summed E-state index contributed by atoms with van der Waals surface area (Å²) in [6, 6.07) is 9.00. The summed E-state index contributed by atoms with van der Waals surface area (Å²) in [6.45, 7) is 0.613. The Morgan fingerprint density at radius 2 is 1.42 bits per heavy atom. The molecule has 0 bridgehead atoms. The molecule has 1 heterocycles. The van der Waals surface area contributed by atoms with Crippen molar-refractivity contribution in [1.29, 1.82) is 0 Å². The highest BCUT2D eigenvalue weighted by Crippen LogP contribution is 2.40. The van der Waals surface area contributed by atoms with E-state index in [1.54, 1.807) is 33.5 Å². The van der Waals surface area contributed by atoms with Gasteiger partial charge in [-0.15, -0.1) is 0 Å². The van der Waals surface area contributed by atoms with E-state index in [9.17, 15) is 9.59 Å². The van der Waals surface area contributed by atoms with Crippen LogP contribution in [-0.4, -0.2) is 51.7 Å². The Morgan fingerprint density at radius 3 is 2.08 bits per heavy atom. The summed E-state index contributed by atoms with van der Waals surface area (Å²) >= 11 is 0. The molecule has 8 nitrogen and oxygen atoms in total. The highest BCUT2D eigenvalue weighted by molar-refractivity contribution is 6.05. The molecule has 8 heteroatoms. The van der Waals surface area contributed by atoms with Crippen molar-refractivity contribution in [3.63, 3.8) is 0 Å². The quantitative estimate of drug-likeness (QED) is 0.540. The molecule has 1 atom stereocenters. The smallest absolute Gasteiger partial charge is 0.256 e. The number of nitrogens with zero attached hydrogens (tertiary/aromatic N) is 1. The molecule has 2 fully saturated rings. The number of rotatable bonds is 8. The molecule has 2 amide bonds. The third-order valence-electron chi connectivity index (χ3n) is 7.29. The number of likely N-dealkylation sites (tertiary alicyclic amines) is 1. The Hall–Kier alpha value is -3.42. The van der Waals surface area contributed by atoms with Gasteiger partial charge in [-0.3, -0.25) is 9.59 Å². The molecule has 4 rings (SSSR count). The maximum absolute atomic E-state index is 14.0. The van der Waals surface area contributed by atoms with Crippen LogP contribution in [-0.2, 0) is 4.79 Å². The SMILES string of the molecule is COc1ccc(C2CCCN2C(=O)c2cc(OC)c(OC)cc2NC(=O)C2CCCCC2)cc1OC. The minimum Gasteiger partial charge on any atom is -0.493 e. The molecular weight excluding hydrogens is 460 g/mol. The van der Waals surface area contributed by atoms with E-state index in [0.29, 0.717) is 40.8 Å². The lowest BCUT2D eigenvalue weighted by atomic mass is 9.88. The second-order valence-corrected chi connectivity index (χ2v) is 9.35. The number of methoxy groups -OCH3 is 4. The number of carbonyl (C=O) groups is 2. The van der Waals surface area contributed by atoms with E-state index in [0.717, 1.165) is 50.5 Å². The molecule has 194 valence electrons. The molecule has 1 N–H and O–H groups in total. The molecule has 2 aliphatic rings. The molecule has 1 aliphatic heterocycles. The van der Waals surface area contributed by atoms with Gasteiger partial charge in [0.15, 0.2) is 23.0 Å². The number of hydrogen-bond acceptors (Lipinski definition) is 6. The van der Waals surface area contributed by atoms with Crippen molar-refractivity contribution >= 4 is 17.5 Å². The van der Waals surface area contributed by atoms with Crippen molar-refractivity contribution < 1.29 is 28.5 Å². The van der Waals surface area contributed by atoms with E-state index in [1.165, 1.54) is 7.11 Å². The van der Waals surface area contributed by atoms with Gasteiger partial charge in [-0.2, -0.15) is 0 Å². The zero-order valence-electron chi connectivity index (χ0n) is 21.6. The number of carbonyl (C=O) groups excluding carboxylic acids is 2. The van der Waals surface area contributed by atoms with Gasteiger partial charge < -0.3 is 29.2 Å². The summed E-state index contributed by atoms with van der Waals surface area (Å²) in [5.41, 5.74) is 1.82. The van der Waals surface area contributed by atoms with E-state index in [2.05, 4.69) is 5.32 Å². The van der Waals surface area contributed by atoms with Crippen molar-refractivity contribution in [2.75, 3.05) is 40.3 Å². The van der Waals surface area contributed by atoms with Crippen LogP contribution in [0.1, 0.15) is 66.9 Å². The number of anilines is 1. The molecule has 2 aromatic rings. The Labute approximate surface area is 212 Å². The van der Waals surface area contributed by atoms with Gasteiger partial charge in [0.2, 0.25) is 5.91 Å². The largest absolute Gasteiger partial charge is 0.493 e. The summed E-state index contributed by atoms with van der Waals surface area (Å²) in [7, 11) is 6.28. The predicted molar refractivity (Wildman–Crippen MR) is 137 cm³/mol. The van der Waals surface area contributed by atoms with Gasteiger partial charge in [0.1, 0.15) is 0 Å². The lowest BCUT2D eigenvalue weighted by molar-refractivity contribution is -0.120. The van der Waals surface area contributed by atoms with Crippen LogP contribution in [0, 0.1) is 5.92 Å². The maximum Gasteiger partial charge on any atom is 0.256 e. The zero-order chi connectivity index (χ0) is 25.7. The Balaban J connectivity index is 1.67. The van der Waals surface area contributed by atoms with Crippen LogP contribution in [0.4, 0.5) is 5.69 Å². The van der Waals surface area contributed by atoms with Crippen LogP contribution in [0.2, 0.25) is 0 Å². The minimum absolute atomic E-state index is 0.0407. The van der Waals surface area contributed by atoms with Crippen LogP contribution in [0.5, 0.6) is 23.0 Å². The molecule has 0 radical (unpaired) electrons. The van der Waals surface area contributed by atoms with Crippen LogP contribution in [0.3, 0.4) is 0 Å². The maximum atomic E-state index is 14.0. The fourth-order valence-electron chi connectivity index (χ4n) is 5.33. The van der Waals surface area contributed by atoms with Crippen LogP contribution in [0.15, 0.2) is 30.3 Å². The van der Waals surface area contributed by atoms with Gasteiger partial charge in [0, 0.05) is 18.5 Å². The third-order valence-corrected chi connectivity index (χ3v) is 7.29. The van der Waals surface area contributed by atoms with Gasteiger partial charge >= 0.3 is 0 Å². The molecule has 36 heavy (non-hydrogen) atoms. The standard InChI is InChI=1S/C28H36N2O6/c1-33-23-13-12-19(15-24(23)34-2)22-11-8-14-30(22)28(32)20-16-25(35-3)26(36-4)17-21(20)29-27(31)18-9-6-5-7-10-18/h12-13,15-18,22H,5-11,14H2,1-4H3,(H,29,31). The van der Waals surface area contributed by atoms with Gasteiger partial charge in [-0.25, -0.2) is 0 Å². The highest BCUT2D eigenvalue weighted by Gasteiger charge is 2.33. The molecule has 1 unspecified atom stereocenters. The molecular formula is C28H36N2O6. The third kappa shape index (κ3) is 5.22. The summed E-state index contributed by atoms with van der Waals surface area (Å²) in [4.78, 5) is 28.9. The first kappa shape index (κ1) is 25.7. The van der Waals surface area contributed by atoms with Gasteiger partial charge in [-0.1, -0.05) is 25.3 Å². The van der Waals surface area contributed by atoms with Crippen molar-refractivity contribution in [2.45, 2.75) is 51.0 Å². The van der Waals surface area contributed by atoms with E-state index in [-0.39, 0.29) is 23.8 Å². The summed E-state index contributed by atoms with van der Waals surface area (Å²) < 4.78 is 21.8. The normalized spacial score (nSPS) is 18.0. The first-order chi connectivity index (χ1) is 17.5. The lowest BCUT2D eigenvalue weighted by Gasteiger charge is -2.28. The van der Waals surface area contributed by atoms with Crippen LogP contribution >= 0.6 is 0 Å². The second-order valence-electron chi connectivity index (χ2n) is 9.35. The van der Waals surface area contributed by atoms with Crippen LogP contribution in [0.25, 0.3) is 0 Å². The van der Waals surface area contributed by atoms with Gasteiger partial charge in [-0.05, 0) is 49.4 Å². The summed E-state index contributed by atoms with van der Waals surface area (Å²) in [5.74, 6) is 1.93. The van der Waals surface area contributed by atoms with E-state index in [1.807, 2.05) is 23.1 Å². The zero-order valence-corrected chi connectivity index (χ0v) is 21.6.